The number of anilines is 1. The molecule has 2 aliphatic heterocycles. The van der Waals surface area contributed by atoms with Crippen molar-refractivity contribution in [3.8, 4) is 0 Å². The second-order valence-electron chi connectivity index (χ2n) is 9.20. The zero-order valence-corrected chi connectivity index (χ0v) is 21.4. The molecular formula is C27H22Cl3F2N3O. The molecule has 1 amide bonds. The van der Waals surface area contributed by atoms with Crippen LogP contribution in [0.4, 0.5) is 14.5 Å². The lowest BCUT2D eigenvalue weighted by molar-refractivity contribution is 0.0977. The fraction of sp³-hybridized carbons (Fsp3) is 0.259. The van der Waals surface area contributed by atoms with Crippen LogP contribution in [0.3, 0.4) is 0 Å². The van der Waals surface area contributed by atoms with Crippen molar-refractivity contribution in [1.29, 1.82) is 0 Å². The molecule has 3 aromatic rings. The summed E-state index contributed by atoms with van der Waals surface area (Å²) in [6.07, 6.45) is 5.23. The van der Waals surface area contributed by atoms with Gasteiger partial charge in [-0.2, -0.15) is 0 Å². The number of likely N-dealkylation sites (tertiary alicyclic amines) is 1. The molecule has 3 heterocycles. The highest BCUT2D eigenvalue weighted by atomic mass is 35.5. The van der Waals surface area contributed by atoms with Crippen molar-refractivity contribution in [2.45, 2.75) is 18.3 Å². The van der Waals surface area contributed by atoms with Crippen LogP contribution in [0.2, 0.25) is 15.3 Å². The largest absolute Gasteiger partial charge is 0.307 e. The summed E-state index contributed by atoms with van der Waals surface area (Å²) < 4.78 is 27.0. The molecule has 186 valence electrons. The van der Waals surface area contributed by atoms with Gasteiger partial charge >= 0.3 is 0 Å². The predicted octanol–water partition coefficient (Wildman–Crippen LogP) is 7.03. The van der Waals surface area contributed by atoms with Gasteiger partial charge in [0.25, 0.3) is 5.91 Å². The van der Waals surface area contributed by atoms with Crippen molar-refractivity contribution in [2.75, 3.05) is 31.1 Å². The number of fused-ring (bicyclic) bond motifs is 2. The van der Waals surface area contributed by atoms with Crippen molar-refractivity contribution in [1.82, 2.24) is 9.88 Å². The Bertz CT molecular complexity index is 1340. The lowest BCUT2D eigenvalue weighted by Crippen LogP contribution is -2.46. The number of carbonyl (C=O) groups is 1. The van der Waals surface area contributed by atoms with Crippen molar-refractivity contribution < 1.29 is 13.6 Å². The van der Waals surface area contributed by atoms with E-state index in [9.17, 15) is 13.6 Å². The number of hydrogen-bond donors (Lipinski definition) is 0. The first-order valence-corrected chi connectivity index (χ1v) is 12.7. The van der Waals surface area contributed by atoms with Crippen LogP contribution < -0.4 is 4.90 Å². The zero-order valence-electron chi connectivity index (χ0n) is 19.2. The molecule has 1 spiro atoms. The van der Waals surface area contributed by atoms with E-state index >= 15 is 0 Å². The van der Waals surface area contributed by atoms with Gasteiger partial charge in [-0.25, -0.2) is 13.8 Å². The molecule has 0 aliphatic carbocycles. The maximum absolute atomic E-state index is 13.9. The summed E-state index contributed by atoms with van der Waals surface area (Å²) in [7, 11) is 0. The minimum Gasteiger partial charge on any atom is -0.307 e. The van der Waals surface area contributed by atoms with E-state index < -0.39 is 11.6 Å². The number of amides is 1. The number of aromatic nitrogens is 1. The monoisotopic (exact) mass is 547 g/mol. The van der Waals surface area contributed by atoms with Crippen LogP contribution in [0.25, 0.3) is 6.08 Å². The van der Waals surface area contributed by atoms with Gasteiger partial charge in [-0.1, -0.05) is 47.0 Å². The molecule has 2 aromatic carbocycles. The number of nitrogens with zero attached hydrogens (tertiary/aromatic N) is 3. The average Bonchev–Trinajstić information content (AvgIpc) is 3.14. The quantitative estimate of drug-likeness (QED) is 0.329. The third kappa shape index (κ3) is 5.00. The van der Waals surface area contributed by atoms with Gasteiger partial charge in [0.1, 0.15) is 21.9 Å². The molecule has 1 aromatic heterocycles. The summed E-state index contributed by atoms with van der Waals surface area (Å²) in [5, 5.41) is 0.958. The maximum Gasteiger partial charge on any atom is 0.258 e. The molecule has 1 saturated heterocycles. The van der Waals surface area contributed by atoms with Gasteiger partial charge in [0.15, 0.2) is 0 Å². The number of hydrogen-bond acceptors (Lipinski definition) is 3. The van der Waals surface area contributed by atoms with Gasteiger partial charge in [-0.05, 0) is 74.0 Å². The van der Waals surface area contributed by atoms with E-state index in [0.29, 0.717) is 29.2 Å². The number of benzene rings is 2. The molecule has 0 bridgehead atoms. The highest BCUT2D eigenvalue weighted by Crippen LogP contribution is 2.48. The highest BCUT2D eigenvalue weighted by molar-refractivity contribution is 6.33. The van der Waals surface area contributed by atoms with Crippen LogP contribution in [-0.2, 0) is 5.41 Å². The Morgan fingerprint density at radius 3 is 2.42 bits per heavy atom. The first-order chi connectivity index (χ1) is 17.2. The fourth-order valence-corrected chi connectivity index (χ4v) is 5.76. The van der Waals surface area contributed by atoms with Crippen LogP contribution in [-0.4, -0.2) is 42.0 Å². The van der Waals surface area contributed by atoms with E-state index in [0.717, 1.165) is 43.2 Å². The Hall–Kier alpha value is -2.51. The molecule has 0 atom stereocenters. The zero-order chi connectivity index (χ0) is 25.4. The lowest BCUT2D eigenvalue weighted by Gasteiger charge is -2.39. The molecule has 36 heavy (non-hydrogen) atoms. The van der Waals surface area contributed by atoms with Crippen LogP contribution in [0.1, 0.15) is 34.3 Å². The Morgan fingerprint density at radius 2 is 1.72 bits per heavy atom. The number of rotatable bonds is 4. The third-order valence-corrected chi connectivity index (χ3v) is 7.60. The molecule has 2 aliphatic rings. The lowest BCUT2D eigenvalue weighted by atomic mass is 9.74. The van der Waals surface area contributed by atoms with Gasteiger partial charge in [0.05, 0.1) is 0 Å². The van der Waals surface area contributed by atoms with E-state index in [1.54, 1.807) is 17.0 Å². The minimum absolute atomic E-state index is 0.165. The Kier molecular flexibility index (Phi) is 7.05. The molecule has 9 heteroatoms. The van der Waals surface area contributed by atoms with Gasteiger partial charge in [-0.3, -0.25) is 9.69 Å². The molecule has 0 unspecified atom stereocenters. The maximum atomic E-state index is 13.9. The SMILES string of the molecule is O=C(c1cc(Cl)nc(Cl)c1)N1CC2(CCN(C/C=C/c3ccc(F)cc3F)CC2)c2cc(Cl)ccc21. The van der Waals surface area contributed by atoms with Crippen molar-refractivity contribution >= 4 is 52.5 Å². The third-order valence-electron chi connectivity index (χ3n) is 6.97. The van der Waals surface area contributed by atoms with Crippen LogP contribution in [0, 0.1) is 11.6 Å². The van der Waals surface area contributed by atoms with Crippen LogP contribution in [0.15, 0.2) is 54.6 Å². The second-order valence-corrected chi connectivity index (χ2v) is 10.4. The van der Waals surface area contributed by atoms with Crippen molar-refractivity contribution in [3.05, 3.63) is 98.3 Å². The summed E-state index contributed by atoms with van der Waals surface area (Å²) in [6, 6.07) is 12.3. The standard InChI is InChI=1S/C27H22Cl3F2N3O/c28-19-4-6-23-21(14-19)27(16-35(23)26(36)18-12-24(29)33-25(30)13-18)7-10-34(11-8-27)9-1-2-17-3-5-20(31)15-22(17)32/h1-6,12-15H,7-11,16H2/b2-1+. The predicted molar refractivity (Wildman–Crippen MR) is 140 cm³/mol. The van der Waals surface area contributed by atoms with Crippen molar-refractivity contribution in [2.24, 2.45) is 0 Å². The minimum atomic E-state index is -0.592. The fourth-order valence-electron chi connectivity index (χ4n) is 5.12. The smallest absolute Gasteiger partial charge is 0.258 e. The Morgan fingerprint density at radius 1 is 1.00 bits per heavy atom. The summed E-state index contributed by atoms with van der Waals surface area (Å²) >= 11 is 18.5. The van der Waals surface area contributed by atoms with E-state index in [4.69, 9.17) is 34.8 Å². The first kappa shape index (κ1) is 25.2. The number of pyridine rings is 1. The molecular weight excluding hydrogens is 527 g/mol. The Labute approximate surface area is 223 Å². The highest BCUT2D eigenvalue weighted by Gasteiger charge is 2.46. The number of piperidine rings is 1. The second kappa shape index (κ2) is 10.1. The number of carbonyl (C=O) groups excluding carboxylic acids is 1. The summed E-state index contributed by atoms with van der Waals surface area (Å²) in [5.74, 6) is -1.36. The normalized spacial score (nSPS) is 17.2. The van der Waals surface area contributed by atoms with Crippen LogP contribution in [0.5, 0.6) is 0 Å². The molecule has 0 N–H and O–H groups in total. The summed E-state index contributed by atoms with van der Waals surface area (Å²) in [4.78, 5) is 21.5. The van der Waals surface area contributed by atoms with E-state index in [-0.39, 0.29) is 21.6 Å². The summed E-state index contributed by atoms with van der Waals surface area (Å²) in [6.45, 7) is 2.78. The van der Waals surface area contributed by atoms with E-state index in [2.05, 4.69) is 9.88 Å². The topological polar surface area (TPSA) is 36.4 Å². The first-order valence-electron chi connectivity index (χ1n) is 11.5. The molecule has 5 rings (SSSR count). The van der Waals surface area contributed by atoms with Gasteiger partial charge in [0, 0.05) is 46.4 Å². The summed E-state index contributed by atoms with van der Waals surface area (Å²) in [5.41, 5.74) is 2.43. The Balaban J connectivity index is 1.32. The van der Waals surface area contributed by atoms with E-state index in [1.807, 2.05) is 18.2 Å². The van der Waals surface area contributed by atoms with Gasteiger partial charge in [0.2, 0.25) is 0 Å². The van der Waals surface area contributed by atoms with Gasteiger partial charge < -0.3 is 4.90 Å². The molecule has 0 radical (unpaired) electrons. The van der Waals surface area contributed by atoms with Crippen LogP contribution >= 0.6 is 34.8 Å². The average molecular weight is 549 g/mol. The molecule has 0 saturated carbocycles. The molecule has 4 nitrogen and oxygen atoms in total. The number of halogens is 5. The molecule has 1 fully saturated rings. The van der Waals surface area contributed by atoms with E-state index in [1.165, 1.54) is 24.3 Å². The van der Waals surface area contributed by atoms with Crippen molar-refractivity contribution in [3.63, 3.8) is 0 Å². The van der Waals surface area contributed by atoms with Gasteiger partial charge in [-0.15, -0.1) is 0 Å².